The predicted octanol–water partition coefficient (Wildman–Crippen LogP) is 1.10. The SMILES string of the molecule is Cc1[nH]c(=S)nc(N(C)C)c1N. The molecule has 0 saturated carbocycles. The molecule has 0 aromatic carbocycles. The Bertz CT molecular complexity index is 342. The maximum Gasteiger partial charge on any atom is 0.199 e. The van der Waals surface area contributed by atoms with Crippen LogP contribution in [-0.2, 0) is 0 Å². The summed E-state index contributed by atoms with van der Waals surface area (Å²) in [5.74, 6) is 0.719. The van der Waals surface area contributed by atoms with Crippen molar-refractivity contribution in [2.24, 2.45) is 0 Å². The van der Waals surface area contributed by atoms with Gasteiger partial charge in [-0.2, -0.15) is 0 Å². The number of hydrogen-bond acceptors (Lipinski definition) is 4. The maximum absolute atomic E-state index is 5.77. The van der Waals surface area contributed by atoms with E-state index >= 15 is 0 Å². The molecule has 66 valence electrons. The predicted molar refractivity (Wildman–Crippen MR) is 52.9 cm³/mol. The van der Waals surface area contributed by atoms with Crippen molar-refractivity contribution < 1.29 is 0 Å². The second-order valence-corrected chi connectivity index (χ2v) is 3.19. The molecule has 0 saturated heterocycles. The van der Waals surface area contributed by atoms with E-state index in [1.807, 2.05) is 25.9 Å². The Hall–Kier alpha value is -1.10. The molecule has 3 N–H and O–H groups in total. The minimum absolute atomic E-state index is 0.463. The minimum atomic E-state index is 0.463. The van der Waals surface area contributed by atoms with Gasteiger partial charge in [0.25, 0.3) is 0 Å². The van der Waals surface area contributed by atoms with Crippen LogP contribution >= 0.6 is 12.2 Å². The number of aromatic amines is 1. The summed E-state index contributed by atoms with van der Waals surface area (Å²) < 4.78 is 0.463. The first-order valence-corrected chi connectivity index (χ1v) is 3.97. The molecule has 0 fully saturated rings. The average Bonchev–Trinajstić information content (AvgIpc) is 1.96. The summed E-state index contributed by atoms with van der Waals surface area (Å²) in [7, 11) is 3.76. The number of aromatic nitrogens is 2. The number of nitrogens with two attached hydrogens (primary N) is 1. The first-order chi connectivity index (χ1) is 5.52. The number of nitrogen functional groups attached to an aromatic ring is 1. The van der Waals surface area contributed by atoms with Crippen molar-refractivity contribution >= 4 is 23.7 Å². The maximum atomic E-state index is 5.77. The zero-order valence-corrected chi connectivity index (χ0v) is 8.20. The van der Waals surface area contributed by atoms with Crippen LogP contribution in [0.25, 0.3) is 0 Å². The van der Waals surface area contributed by atoms with Crippen LogP contribution in [0.1, 0.15) is 5.69 Å². The van der Waals surface area contributed by atoms with E-state index in [0.717, 1.165) is 11.5 Å². The summed E-state index contributed by atoms with van der Waals surface area (Å²) in [6, 6.07) is 0. The summed E-state index contributed by atoms with van der Waals surface area (Å²) >= 11 is 4.92. The first kappa shape index (κ1) is 8.99. The lowest BCUT2D eigenvalue weighted by molar-refractivity contribution is 1.01. The van der Waals surface area contributed by atoms with Crippen LogP contribution in [0.15, 0.2) is 0 Å². The first-order valence-electron chi connectivity index (χ1n) is 3.56. The summed E-state index contributed by atoms with van der Waals surface area (Å²) in [5, 5.41) is 0. The molecule has 1 heterocycles. The molecular formula is C7H12N4S. The number of anilines is 2. The van der Waals surface area contributed by atoms with E-state index in [2.05, 4.69) is 9.97 Å². The highest BCUT2D eigenvalue weighted by atomic mass is 32.1. The second kappa shape index (κ2) is 3.10. The van der Waals surface area contributed by atoms with Crippen LogP contribution < -0.4 is 10.6 Å². The molecule has 0 unspecified atom stereocenters. The molecule has 12 heavy (non-hydrogen) atoms. The lowest BCUT2D eigenvalue weighted by atomic mass is 10.3. The smallest absolute Gasteiger partial charge is 0.199 e. The Morgan fingerprint density at radius 2 is 2.08 bits per heavy atom. The standard InChI is InChI=1S/C7H12N4S/c1-4-5(8)6(11(2)3)10-7(12)9-4/h8H2,1-3H3,(H,9,10,12). The van der Waals surface area contributed by atoms with Gasteiger partial charge in [-0.1, -0.05) is 0 Å². The molecule has 0 aliphatic carbocycles. The Labute approximate surface area is 76.4 Å². The van der Waals surface area contributed by atoms with E-state index < -0.39 is 0 Å². The largest absolute Gasteiger partial charge is 0.394 e. The van der Waals surface area contributed by atoms with Crippen LogP contribution in [0, 0.1) is 11.7 Å². The monoisotopic (exact) mass is 184 g/mol. The van der Waals surface area contributed by atoms with Gasteiger partial charge in [-0.15, -0.1) is 0 Å². The molecule has 1 aromatic rings. The van der Waals surface area contributed by atoms with Crippen LogP contribution in [-0.4, -0.2) is 24.1 Å². The van der Waals surface area contributed by atoms with Crippen molar-refractivity contribution in [1.29, 1.82) is 0 Å². The highest BCUT2D eigenvalue weighted by Gasteiger charge is 2.05. The summed E-state index contributed by atoms with van der Waals surface area (Å²) in [4.78, 5) is 8.82. The molecule has 0 aliphatic heterocycles. The van der Waals surface area contributed by atoms with Crippen molar-refractivity contribution in [3.8, 4) is 0 Å². The zero-order chi connectivity index (χ0) is 9.30. The second-order valence-electron chi connectivity index (χ2n) is 2.80. The fraction of sp³-hybridized carbons (Fsp3) is 0.429. The van der Waals surface area contributed by atoms with E-state index in [1.54, 1.807) is 0 Å². The molecule has 0 amide bonds. The van der Waals surface area contributed by atoms with Crippen LogP contribution in [0.3, 0.4) is 0 Å². The lowest BCUT2D eigenvalue weighted by Crippen LogP contribution is -2.14. The molecular weight excluding hydrogens is 172 g/mol. The summed E-state index contributed by atoms with van der Waals surface area (Å²) in [5.41, 5.74) is 7.28. The Morgan fingerprint density at radius 1 is 1.50 bits per heavy atom. The van der Waals surface area contributed by atoms with Crippen LogP contribution in [0.5, 0.6) is 0 Å². The Kier molecular flexibility index (Phi) is 2.32. The summed E-state index contributed by atoms with van der Waals surface area (Å²) in [6.45, 7) is 1.87. The third-order valence-electron chi connectivity index (χ3n) is 1.57. The van der Waals surface area contributed by atoms with Crippen LogP contribution in [0.4, 0.5) is 11.5 Å². The molecule has 1 aromatic heterocycles. The van der Waals surface area contributed by atoms with Crippen molar-refractivity contribution in [3.05, 3.63) is 10.5 Å². The van der Waals surface area contributed by atoms with Gasteiger partial charge in [0.2, 0.25) is 0 Å². The van der Waals surface area contributed by atoms with Gasteiger partial charge < -0.3 is 15.6 Å². The van der Waals surface area contributed by atoms with Gasteiger partial charge in [-0.25, -0.2) is 4.98 Å². The molecule has 5 heteroatoms. The van der Waals surface area contributed by atoms with Gasteiger partial charge in [0.15, 0.2) is 10.6 Å². The van der Waals surface area contributed by atoms with Crippen LogP contribution in [0.2, 0.25) is 0 Å². The molecule has 0 atom stereocenters. The zero-order valence-electron chi connectivity index (χ0n) is 7.38. The van der Waals surface area contributed by atoms with Gasteiger partial charge in [-0.05, 0) is 19.1 Å². The van der Waals surface area contributed by atoms with E-state index in [-0.39, 0.29) is 0 Å². The number of nitrogens with zero attached hydrogens (tertiary/aromatic N) is 2. The van der Waals surface area contributed by atoms with E-state index in [9.17, 15) is 0 Å². The topological polar surface area (TPSA) is 57.9 Å². The fourth-order valence-corrected chi connectivity index (χ4v) is 1.16. The van der Waals surface area contributed by atoms with E-state index in [4.69, 9.17) is 18.0 Å². The molecule has 1 rings (SSSR count). The van der Waals surface area contributed by atoms with E-state index in [1.165, 1.54) is 0 Å². The Morgan fingerprint density at radius 3 is 2.58 bits per heavy atom. The average molecular weight is 184 g/mol. The van der Waals surface area contributed by atoms with Gasteiger partial charge in [-0.3, -0.25) is 0 Å². The van der Waals surface area contributed by atoms with Crippen molar-refractivity contribution in [2.75, 3.05) is 24.7 Å². The van der Waals surface area contributed by atoms with Crippen molar-refractivity contribution in [3.63, 3.8) is 0 Å². The lowest BCUT2D eigenvalue weighted by Gasteiger charge is -2.14. The molecule has 0 aliphatic rings. The third kappa shape index (κ3) is 1.55. The van der Waals surface area contributed by atoms with Gasteiger partial charge in [0.05, 0.1) is 5.69 Å². The Balaban J connectivity index is 3.38. The number of nitrogens with one attached hydrogen (secondary N) is 1. The highest BCUT2D eigenvalue weighted by molar-refractivity contribution is 7.71. The molecule has 0 spiro atoms. The van der Waals surface area contributed by atoms with Gasteiger partial charge >= 0.3 is 0 Å². The van der Waals surface area contributed by atoms with Gasteiger partial charge in [0.1, 0.15) is 0 Å². The molecule has 4 nitrogen and oxygen atoms in total. The van der Waals surface area contributed by atoms with E-state index in [0.29, 0.717) is 10.5 Å². The van der Waals surface area contributed by atoms with Gasteiger partial charge in [0, 0.05) is 19.8 Å². The highest BCUT2D eigenvalue weighted by Crippen LogP contribution is 2.19. The third-order valence-corrected chi connectivity index (χ3v) is 1.76. The number of aryl methyl sites for hydroxylation is 1. The van der Waals surface area contributed by atoms with Crippen molar-refractivity contribution in [1.82, 2.24) is 9.97 Å². The van der Waals surface area contributed by atoms with Crippen molar-refractivity contribution in [2.45, 2.75) is 6.92 Å². The minimum Gasteiger partial charge on any atom is -0.394 e. The molecule has 0 bridgehead atoms. The normalized spacial score (nSPS) is 9.92. The number of hydrogen-bond donors (Lipinski definition) is 2. The summed E-state index contributed by atoms with van der Waals surface area (Å²) in [6.07, 6.45) is 0. The number of rotatable bonds is 1. The fourth-order valence-electron chi connectivity index (χ4n) is 0.921. The molecule has 0 radical (unpaired) electrons. The quantitative estimate of drug-likeness (QED) is 0.642. The number of H-pyrrole nitrogens is 1.